The van der Waals surface area contributed by atoms with Crippen molar-refractivity contribution < 1.29 is 19.1 Å². The average molecular weight is 419 g/mol. The average Bonchev–Trinajstić information content (AvgIpc) is 3.07. The minimum Gasteiger partial charge on any atom is -0.444 e. The van der Waals surface area contributed by atoms with Crippen LogP contribution in [0.15, 0.2) is 0 Å². The zero-order valence-corrected chi connectivity index (χ0v) is 19.0. The van der Waals surface area contributed by atoms with Crippen molar-refractivity contribution in [2.24, 2.45) is 0 Å². The lowest BCUT2D eigenvalue weighted by Gasteiger charge is -2.24. The van der Waals surface area contributed by atoms with Crippen molar-refractivity contribution in [3.05, 3.63) is 0 Å². The van der Waals surface area contributed by atoms with Gasteiger partial charge in [0.25, 0.3) is 0 Å². The molecule has 2 amide bonds. The molecule has 0 bridgehead atoms. The highest BCUT2D eigenvalue weighted by atomic mass is 32.2. The number of thioether (sulfide) groups is 2. The summed E-state index contributed by atoms with van der Waals surface area (Å²) >= 11 is 3.95. The van der Waals surface area contributed by atoms with Gasteiger partial charge >= 0.3 is 12.2 Å². The molecule has 2 N–H and O–H groups in total. The van der Waals surface area contributed by atoms with E-state index in [0.29, 0.717) is 23.6 Å². The van der Waals surface area contributed by atoms with E-state index in [4.69, 9.17) is 9.47 Å². The van der Waals surface area contributed by atoms with Crippen molar-refractivity contribution in [1.82, 2.24) is 10.6 Å². The molecular weight excluding hydrogens is 384 g/mol. The van der Waals surface area contributed by atoms with Gasteiger partial charge in [-0.15, -0.1) is 23.5 Å². The molecule has 0 aromatic carbocycles. The molecule has 2 saturated heterocycles. The SMILES string of the molecule is CC(C)(C)OC(=O)NCC1CCC2(CCC(CNC(=O)OC(C)(C)C)S2)S1. The smallest absolute Gasteiger partial charge is 0.407 e. The molecule has 0 aromatic heterocycles. The fourth-order valence-electron chi connectivity index (χ4n) is 3.19. The van der Waals surface area contributed by atoms with Crippen LogP contribution < -0.4 is 10.6 Å². The minimum atomic E-state index is -0.468. The van der Waals surface area contributed by atoms with Crippen LogP contribution in [0.3, 0.4) is 0 Å². The lowest BCUT2D eigenvalue weighted by molar-refractivity contribution is 0.0516. The van der Waals surface area contributed by atoms with Crippen LogP contribution in [0.4, 0.5) is 9.59 Å². The molecule has 0 aromatic rings. The second kappa shape index (κ2) is 8.72. The van der Waals surface area contributed by atoms with Gasteiger partial charge in [-0.3, -0.25) is 0 Å². The van der Waals surface area contributed by atoms with E-state index in [1.807, 2.05) is 65.1 Å². The molecule has 2 atom stereocenters. The van der Waals surface area contributed by atoms with E-state index < -0.39 is 11.2 Å². The molecule has 0 aliphatic carbocycles. The normalized spacial score (nSPS) is 28.2. The molecule has 0 saturated carbocycles. The van der Waals surface area contributed by atoms with Crippen LogP contribution in [0.25, 0.3) is 0 Å². The second-order valence-corrected chi connectivity index (χ2v) is 12.9. The van der Waals surface area contributed by atoms with Gasteiger partial charge in [0.2, 0.25) is 0 Å². The Morgan fingerprint density at radius 1 is 0.852 bits per heavy atom. The quantitative estimate of drug-likeness (QED) is 0.699. The van der Waals surface area contributed by atoms with Crippen LogP contribution in [0.5, 0.6) is 0 Å². The highest BCUT2D eigenvalue weighted by molar-refractivity contribution is 8.19. The summed E-state index contributed by atoms with van der Waals surface area (Å²) in [5.41, 5.74) is -0.937. The van der Waals surface area contributed by atoms with Crippen LogP contribution in [-0.2, 0) is 9.47 Å². The van der Waals surface area contributed by atoms with Crippen LogP contribution in [0.1, 0.15) is 67.2 Å². The number of alkyl carbamates (subject to hydrolysis) is 2. The Kier molecular flexibility index (Phi) is 7.28. The van der Waals surface area contributed by atoms with Gasteiger partial charge < -0.3 is 20.1 Å². The summed E-state index contributed by atoms with van der Waals surface area (Å²) in [5.74, 6) is 0. The Morgan fingerprint density at radius 2 is 1.22 bits per heavy atom. The standard InChI is InChI=1S/C19H34N2O4S2/c1-17(2,3)24-15(22)20-11-13-7-9-19(26-13)10-8-14(27-19)12-21-16(23)25-18(4,5)6/h13-14H,7-12H2,1-6H3,(H,20,22)(H,21,23). The maximum Gasteiger partial charge on any atom is 0.407 e. The van der Waals surface area contributed by atoms with Crippen LogP contribution in [0, 0.1) is 0 Å². The molecule has 2 heterocycles. The fraction of sp³-hybridized carbons (Fsp3) is 0.895. The third-order valence-corrected chi connectivity index (χ3v) is 7.93. The summed E-state index contributed by atoms with van der Waals surface area (Å²) in [5, 5.41) is 6.63. The maximum absolute atomic E-state index is 11.8. The van der Waals surface area contributed by atoms with Crippen LogP contribution >= 0.6 is 23.5 Å². The lowest BCUT2D eigenvalue weighted by atomic mass is 10.1. The van der Waals surface area contributed by atoms with Crippen molar-refractivity contribution in [3.8, 4) is 0 Å². The molecule has 156 valence electrons. The number of ether oxygens (including phenoxy) is 2. The molecule has 0 radical (unpaired) electrons. The van der Waals surface area contributed by atoms with Crippen molar-refractivity contribution in [1.29, 1.82) is 0 Å². The Hall–Kier alpha value is -0.760. The topological polar surface area (TPSA) is 76.7 Å². The summed E-state index contributed by atoms with van der Waals surface area (Å²) in [6.45, 7) is 12.5. The number of amides is 2. The predicted molar refractivity (Wildman–Crippen MR) is 112 cm³/mol. The van der Waals surface area contributed by atoms with E-state index in [-0.39, 0.29) is 16.3 Å². The van der Waals surface area contributed by atoms with E-state index in [1.54, 1.807) is 0 Å². The van der Waals surface area contributed by atoms with Crippen molar-refractivity contribution >= 4 is 35.7 Å². The maximum atomic E-state index is 11.8. The summed E-state index contributed by atoms with van der Waals surface area (Å²) in [7, 11) is 0. The Bertz CT molecular complexity index is 495. The van der Waals surface area contributed by atoms with E-state index in [2.05, 4.69) is 10.6 Å². The molecule has 2 fully saturated rings. The molecule has 2 aliphatic rings. The van der Waals surface area contributed by atoms with E-state index >= 15 is 0 Å². The second-order valence-electron chi connectivity index (χ2n) is 9.23. The van der Waals surface area contributed by atoms with Gasteiger partial charge in [0.1, 0.15) is 11.2 Å². The first-order chi connectivity index (χ1) is 12.4. The molecule has 6 nitrogen and oxygen atoms in total. The molecule has 2 aliphatic heterocycles. The lowest BCUT2D eigenvalue weighted by Crippen LogP contribution is -2.36. The van der Waals surface area contributed by atoms with Gasteiger partial charge in [0.05, 0.1) is 4.08 Å². The van der Waals surface area contributed by atoms with E-state index in [1.165, 1.54) is 0 Å². The number of hydrogen-bond acceptors (Lipinski definition) is 6. The zero-order chi connectivity index (χ0) is 20.3. The largest absolute Gasteiger partial charge is 0.444 e. The number of carbonyl (C=O) groups excluding carboxylic acids is 2. The van der Waals surface area contributed by atoms with Crippen molar-refractivity contribution in [2.75, 3.05) is 13.1 Å². The van der Waals surface area contributed by atoms with Crippen LogP contribution in [-0.4, -0.2) is 51.1 Å². The van der Waals surface area contributed by atoms with Crippen molar-refractivity contribution in [3.63, 3.8) is 0 Å². The van der Waals surface area contributed by atoms with E-state index in [9.17, 15) is 9.59 Å². The first-order valence-corrected chi connectivity index (χ1v) is 11.4. The van der Waals surface area contributed by atoms with Crippen LogP contribution in [0.2, 0.25) is 0 Å². The Morgan fingerprint density at radius 3 is 1.56 bits per heavy atom. The Balaban J connectivity index is 1.70. The first-order valence-electron chi connectivity index (χ1n) is 9.65. The molecular formula is C19H34N2O4S2. The Labute approximate surface area is 171 Å². The predicted octanol–water partition coefficient (Wildman–Crippen LogP) is 4.52. The van der Waals surface area contributed by atoms with Crippen molar-refractivity contribution in [2.45, 2.75) is 93.0 Å². The number of rotatable bonds is 4. The summed E-state index contributed by atoms with van der Waals surface area (Å²) in [4.78, 5) is 23.7. The molecule has 2 rings (SSSR count). The molecule has 27 heavy (non-hydrogen) atoms. The monoisotopic (exact) mass is 418 g/mol. The number of nitrogens with one attached hydrogen (secondary N) is 2. The van der Waals surface area contributed by atoms with Gasteiger partial charge in [-0.25, -0.2) is 9.59 Å². The highest BCUT2D eigenvalue weighted by Gasteiger charge is 2.46. The number of hydrogen-bond donors (Lipinski definition) is 2. The third kappa shape index (κ3) is 8.02. The summed E-state index contributed by atoms with van der Waals surface area (Å²) in [6.07, 6.45) is 3.79. The zero-order valence-electron chi connectivity index (χ0n) is 17.3. The molecule has 1 spiro atoms. The molecule has 8 heteroatoms. The van der Waals surface area contributed by atoms with Gasteiger partial charge in [-0.1, -0.05) is 0 Å². The molecule has 2 unspecified atom stereocenters. The third-order valence-electron chi connectivity index (χ3n) is 4.20. The van der Waals surface area contributed by atoms with Gasteiger partial charge in [0, 0.05) is 23.6 Å². The highest BCUT2D eigenvalue weighted by Crippen LogP contribution is 2.59. The minimum absolute atomic E-state index is 0.223. The van der Waals surface area contributed by atoms with Gasteiger partial charge in [0.15, 0.2) is 0 Å². The van der Waals surface area contributed by atoms with Gasteiger partial charge in [-0.05, 0) is 67.2 Å². The summed E-state index contributed by atoms with van der Waals surface area (Å²) < 4.78 is 10.8. The van der Waals surface area contributed by atoms with E-state index in [0.717, 1.165) is 25.7 Å². The first kappa shape index (κ1) is 22.5. The number of carbonyl (C=O) groups is 2. The van der Waals surface area contributed by atoms with Gasteiger partial charge in [-0.2, -0.15) is 0 Å². The fourth-order valence-corrected chi connectivity index (χ4v) is 7.19. The summed E-state index contributed by atoms with van der Waals surface area (Å²) in [6, 6.07) is 0.